The minimum atomic E-state index is -5.77. The molecule has 0 aliphatic rings. The summed E-state index contributed by atoms with van der Waals surface area (Å²) in [6, 6.07) is 5.27. The molecule has 0 saturated carbocycles. The summed E-state index contributed by atoms with van der Waals surface area (Å²) in [7, 11) is 0. The van der Waals surface area contributed by atoms with E-state index in [4.69, 9.17) is 0 Å². The molecular formula is C12H7F7O4. The first-order valence-electron chi connectivity index (χ1n) is 5.41. The van der Waals surface area contributed by atoms with E-state index in [0.717, 1.165) is 0 Å². The van der Waals surface area contributed by atoms with Gasteiger partial charge in [0.25, 0.3) is 0 Å². The molecular weight excluding hydrogens is 341 g/mol. The molecule has 0 radical (unpaired) electrons. The summed E-state index contributed by atoms with van der Waals surface area (Å²) in [5.41, 5.74) is 0. The van der Waals surface area contributed by atoms with Gasteiger partial charge in [-0.05, 0) is 24.3 Å². The summed E-state index contributed by atoms with van der Waals surface area (Å²) in [6.45, 7) is 1.29. The monoisotopic (exact) mass is 348 g/mol. The van der Waals surface area contributed by atoms with Gasteiger partial charge in [-0.1, -0.05) is 0 Å². The van der Waals surface area contributed by atoms with Gasteiger partial charge in [0.05, 0.1) is 0 Å². The minimum Gasteiger partial charge on any atom is -0.427 e. The van der Waals surface area contributed by atoms with E-state index < -0.39 is 29.9 Å². The summed E-state index contributed by atoms with van der Waals surface area (Å²) < 4.78 is 83.9. The molecule has 23 heavy (non-hydrogen) atoms. The van der Waals surface area contributed by atoms with Crippen molar-refractivity contribution in [2.24, 2.45) is 0 Å². The second-order valence-corrected chi connectivity index (χ2v) is 3.70. The third-order valence-electron chi connectivity index (χ3n) is 1.80. The highest BCUT2D eigenvalue weighted by molar-refractivity contribution is 6.41. The second-order valence-electron chi connectivity index (χ2n) is 3.70. The average molecular weight is 348 g/mol. The topological polar surface area (TPSA) is 60.4 Å². The Morgan fingerprint density at radius 3 is 1.43 bits per heavy atom. The van der Waals surface area contributed by atoms with Crippen molar-refractivity contribution in [3.05, 3.63) is 30.1 Å². The molecule has 0 aromatic heterocycles. The first-order chi connectivity index (χ1) is 10.2. The molecule has 1 aromatic carbocycles. The van der Waals surface area contributed by atoms with E-state index in [0.29, 0.717) is 5.75 Å². The van der Waals surface area contributed by atoms with Crippen molar-refractivity contribution in [1.29, 1.82) is 0 Å². The van der Waals surface area contributed by atoms with E-state index in [-0.39, 0.29) is 5.82 Å². The molecule has 0 aliphatic carbocycles. The number of hydrogen-bond donors (Lipinski definition) is 0. The fourth-order valence-corrected chi connectivity index (χ4v) is 0.926. The fourth-order valence-electron chi connectivity index (χ4n) is 0.926. The van der Waals surface area contributed by atoms with Crippen molar-refractivity contribution in [2.45, 2.75) is 19.3 Å². The number of ketones is 2. The predicted octanol–water partition coefficient (Wildman–Crippen LogP) is 3.00. The van der Waals surface area contributed by atoms with Gasteiger partial charge in [-0.15, -0.1) is 0 Å². The van der Waals surface area contributed by atoms with Crippen molar-refractivity contribution in [3.8, 4) is 5.75 Å². The van der Waals surface area contributed by atoms with Crippen molar-refractivity contribution in [2.75, 3.05) is 0 Å². The summed E-state index contributed by atoms with van der Waals surface area (Å²) in [5.74, 6) is -7.21. The SMILES string of the molecule is CC(=O)Oc1ccc(F)cc1.O=C(C(=O)C(F)(F)F)C(F)(F)F. The Morgan fingerprint density at radius 1 is 0.826 bits per heavy atom. The summed E-state index contributed by atoms with van der Waals surface area (Å²) in [6.07, 6.45) is -11.5. The number of hydrogen-bond acceptors (Lipinski definition) is 4. The van der Waals surface area contributed by atoms with Crippen LogP contribution in [0.1, 0.15) is 6.92 Å². The third kappa shape index (κ3) is 7.93. The number of halogens is 7. The van der Waals surface area contributed by atoms with Crippen LogP contribution in [-0.2, 0) is 14.4 Å². The van der Waals surface area contributed by atoms with Gasteiger partial charge in [-0.3, -0.25) is 14.4 Å². The van der Waals surface area contributed by atoms with Gasteiger partial charge < -0.3 is 4.74 Å². The van der Waals surface area contributed by atoms with Crippen LogP contribution in [0.3, 0.4) is 0 Å². The molecule has 11 heteroatoms. The van der Waals surface area contributed by atoms with Crippen LogP contribution in [-0.4, -0.2) is 29.9 Å². The van der Waals surface area contributed by atoms with Crippen LogP contribution in [0.15, 0.2) is 24.3 Å². The Balaban J connectivity index is 0.000000422. The Hall–Kier alpha value is -2.46. The van der Waals surface area contributed by atoms with Crippen molar-refractivity contribution in [1.82, 2.24) is 0 Å². The number of rotatable bonds is 2. The highest BCUT2D eigenvalue weighted by Gasteiger charge is 2.54. The number of Topliss-reactive ketones (excluding diaryl/α,β-unsaturated/α-hetero) is 2. The van der Waals surface area contributed by atoms with E-state index >= 15 is 0 Å². The lowest BCUT2D eigenvalue weighted by molar-refractivity contribution is -0.193. The molecule has 0 atom stereocenters. The van der Waals surface area contributed by atoms with Crippen LogP contribution in [0.4, 0.5) is 30.7 Å². The van der Waals surface area contributed by atoms with E-state index in [2.05, 4.69) is 4.74 Å². The standard InChI is InChI=1S/C8H7FO2.C4F6O2/c1-6(10)11-8-4-2-7(9)3-5-8;5-3(6,7)1(11)2(12)4(8,9)10/h2-5H,1H3;. The van der Waals surface area contributed by atoms with Gasteiger partial charge in [0, 0.05) is 6.92 Å². The fraction of sp³-hybridized carbons (Fsp3) is 0.250. The number of esters is 1. The number of carbonyl (C=O) groups excluding carboxylic acids is 3. The van der Waals surface area contributed by atoms with E-state index in [1.54, 1.807) is 0 Å². The lowest BCUT2D eigenvalue weighted by atomic mass is 10.2. The smallest absolute Gasteiger partial charge is 0.427 e. The van der Waals surface area contributed by atoms with Crippen LogP contribution in [0.25, 0.3) is 0 Å². The Labute approximate surface area is 123 Å². The molecule has 0 heterocycles. The first-order valence-corrected chi connectivity index (χ1v) is 5.41. The largest absolute Gasteiger partial charge is 0.458 e. The molecule has 0 bridgehead atoms. The van der Waals surface area contributed by atoms with Crippen molar-refractivity contribution in [3.63, 3.8) is 0 Å². The van der Waals surface area contributed by atoms with Gasteiger partial charge in [-0.2, -0.15) is 26.3 Å². The lowest BCUT2D eigenvalue weighted by Crippen LogP contribution is -2.39. The van der Waals surface area contributed by atoms with Crippen molar-refractivity contribution >= 4 is 17.5 Å². The van der Waals surface area contributed by atoms with Crippen LogP contribution in [0.5, 0.6) is 5.75 Å². The zero-order valence-electron chi connectivity index (χ0n) is 11.1. The molecule has 1 rings (SSSR count). The van der Waals surface area contributed by atoms with E-state index in [1.165, 1.54) is 31.2 Å². The second kappa shape index (κ2) is 7.70. The maximum Gasteiger partial charge on any atom is 0.458 e. The van der Waals surface area contributed by atoms with Crippen LogP contribution >= 0.6 is 0 Å². The molecule has 0 aliphatic heterocycles. The van der Waals surface area contributed by atoms with Crippen LogP contribution < -0.4 is 4.74 Å². The normalized spacial score (nSPS) is 11.1. The maximum absolute atomic E-state index is 12.3. The van der Waals surface area contributed by atoms with Gasteiger partial charge >= 0.3 is 29.9 Å². The summed E-state index contributed by atoms with van der Waals surface area (Å²) in [5, 5.41) is 0. The van der Waals surface area contributed by atoms with Crippen LogP contribution in [0, 0.1) is 5.82 Å². The molecule has 128 valence electrons. The molecule has 1 aromatic rings. The van der Waals surface area contributed by atoms with E-state index in [9.17, 15) is 45.1 Å². The molecule has 0 spiro atoms. The van der Waals surface area contributed by atoms with Gasteiger partial charge in [-0.25, -0.2) is 4.39 Å². The highest BCUT2D eigenvalue weighted by Crippen LogP contribution is 2.24. The number of ether oxygens (including phenoxy) is 1. The van der Waals surface area contributed by atoms with Gasteiger partial charge in [0.2, 0.25) is 0 Å². The molecule has 0 amide bonds. The average Bonchev–Trinajstić information content (AvgIpc) is 2.38. The highest BCUT2D eigenvalue weighted by atomic mass is 19.4. The zero-order chi connectivity index (χ0) is 18.4. The molecule has 0 saturated heterocycles. The molecule has 4 nitrogen and oxygen atoms in total. The molecule has 0 unspecified atom stereocenters. The summed E-state index contributed by atoms with van der Waals surface area (Å²) >= 11 is 0. The minimum absolute atomic E-state index is 0.346. The lowest BCUT2D eigenvalue weighted by Gasteiger charge is -2.05. The number of carbonyl (C=O) groups is 3. The number of alkyl halides is 6. The number of benzene rings is 1. The molecule has 0 fully saturated rings. The quantitative estimate of drug-likeness (QED) is 0.357. The Kier molecular flexibility index (Phi) is 6.87. The maximum atomic E-state index is 12.3. The van der Waals surface area contributed by atoms with Crippen molar-refractivity contribution < 1.29 is 49.9 Å². The zero-order valence-corrected chi connectivity index (χ0v) is 11.1. The molecule has 0 N–H and O–H groups in total. The van der Waals surface area contributed by atoms with Gasteiger partial charge in [0.1, 0.15) is 11.6 Å². The predicted molar refractivity (Wildman–Crippen MR) is 59.8 cm³/mol. The Bertz CT molecular complexity index is 549. The Morgan fingerprint density at radius 2 is 1.17 bits per heavy atom. The van der Waals surface area contributed by atoms with E-state index in [1.807, 2.05) is 0 Å². The first kappa shape index (κ1) is 20.5. The third-order valence-corrected chi connectivity index (χ3v) is 1.80. The summed E-state index contributed by atoms with van der Waals surface area (Å²) in [4.78, 5) is 29.6. The van der Waals surface area contributed by atoms with Crippen LogP contribution in [0.2, 0.25) is 0 Å². The van der Waals surface area contributed by atoms with Gasteiger partial charge in [0.15, 0.2) is 0 Å².